The third kappa shape index (κ3) is 2.47. The standard InChI is InChI=1S/C9H7F3O3/c10-9(11,12)7-2-1-5(4-13)3-6(7)8(14)15/h1-3,13H,4H2,(H,14,15). The van der Waals surface area contributed by atoms with Crippen molar-refractivity contribution in [2.24, 2.45) is 0 Å². The summed E-state index contributed by atoms with van der Waals surface area (Å²) in [6.45, 7) is -0.502. The summed E-state index contributed by atoms with van der Waals surface area (Å²) >= 11 is 0. The number of carbonyl (C=O) groups is 1. The van der Waals surface area contributed by atoms with Crippen LogP contribution in [0.3, 0.4) is 0 Å². The van der Waals surface area contributed by atoms with E-state index in [1.54, 1.807) is 0 Å². The molecule has 15 heavy (non-hydrogen) atoms. The van der Waals surface area contributed by atoms with Gasteiger partial charge in [0.15, 0.2) is 0 Å². The Kier molecular flexibility index (Phi) is 2.99. The molecule has 6 heteroatoms. The Morgan fingerprint density at radius 1 is 1.33 bits per heavy atom. The lowest BCUT2D eigenvalue weighted by Gasteiger charge is -2.10. The van der Waals surface area contributed by atoms with E-state index in [2.05, 4.69) is 0 Å². The number of halogens is 3. The number of hydrogen-bond donors (Lipinski definition) is 2. The molecule has 0 fully saturated rings. The zero-order chi connectivity index (χ0) is 11.6. The van der Waals surface area contributed by atoms with Crippen LogP contribution in [0, 0.1) is 0 Å². The molecule has 0 atom stereocenters. The van der Waals surface area contributed by atoms with Crippen LogP contribution in [-0.2, 0) is 12.8 Å². The maximum absolute atomic E-state index is 12.3. The van der Waals surface area contributed by atoms with Crippen LogP contribution in [0.15, 0.2) is 18.2 Å². The first kappa shape index (κ1) is 11.5. The second-order valence-electron chi connectivity index (χ2n) is 2.84. The minimum Gasteiger partial charge on any atom is -0.478 e. The summed E-state index contributed by atoms with van der Waals surface area (Å²) in [5.41, 5.74) is -1.94. The number of aromatic carboxylic acids is 1. The molecule has 0 radical (unpaired) electrons. The van der Waals surface area contributed by atoms with Gasteiger partial charge in [0, 0.05) is 0 Å². The van der Waals surface area contributed by atoms with E-state index in [0.29, 0.717) is 6.07 Å². The van der Waals surface area contributed by atoms with Crippen LogP contribution in [0.25, 0.3) is 0 Å². The van der Waals surface area contributed by atoms with Crippen molar-refractivity contribution < 1.29 is 28.2 Å². The summed E-state index contributed by atoms with van der Waals surface area (Å²) in [5, 5.41) is 17.2. The van der Waals surface area contributed by atoms with Crippen LogP contribution >= 0.6 is 0 Å². The van der Waals surface area contributed by atoms with Gasteiger partial charge in [-0.15, -0.1) is 0 Å². The molecule has 0 bridgehead atoms. The fourth-order valence-electron chi connectivity index (χ4n) is 1.11. The smallest absolute Gasteiger partial charge is 0.417 e. The molecule has 0 amide bonds. The first-order chi connectivity index (χ1) is 6.86. The van der Waals surface area contributed by atoms with Gasteiger partial charge in [-0.05, 0) is 17.7 Å². The summed E-state index contributed by atoms with van der Waals surface area (Å²) in [5.74, 6) is -1.67. The van der Waals surface area contributed by atoms with Crippen molar-refractivity contribution in [1.29, 1.82) is 0 Å². The second kappa shape index (κ2) is 3.90. The highest BCUT2D eigenvalue weighted by Gasteiger charge is 2.35. The van der Waals surface area contributed by atoms with Crippen molar-refractivity contribution >= 4 is 5.97 Å². The van der Waals surface area contributed by atoms with Crippen molar-refractivity contribution in [3.8, 4) is 0 Å². The molecule has 82 valence electrons. The zero-order valence-electron chi connectivity index (χ0n) is 7.38. The maximum atomic E-state index is 12.3. The van der Waals surface area contributed by atoms with Crippen molar-refractivity contribution in [2.45, 2.75) is 12.8 Å². The Morgan fingerprint density at radius 3 is 2.33 bits per heavy atom. The van der Waals surface area contributed by atoms with Gasteiger partial charge in [0.25, 0.3) is 0 Å². The van der Waals surface area contributed by atoms with E-state index in [1.165, 1.54) is 0 Å². The monoisotopic (exact) mass is 220 g/mol. The van der Waals surface area contributed by atoms with E-state index in [1.807, 2.05) is 0 Å². The molecule has 0 aliphatic carbocycles. The maximum Gasteiger partial charge on any atom is 0.417 e. The zero-order valence-corrected chi connectivity index (χ0v) is 7.38. The molecule has 0 heterocycles. The van der Waals surface area contributed by atoms with Crippen molar-refractivity contribution in [3.63, 3.8) is 0 Å². The molecular formula is C9H7F3O3. The largest absolute Gasteiger partial charge is 0.478 e. The van der Waals surface area contributed by atoms with E-state index in [4.69, 9.17) is 10.2 Å². The van der Waals surface area contributed by atoms with Gasteiger partial charge in [0.05, 0.1) is 17.7 Å². The number of rotatable bonds is 2. The molecule has 2 N–H and O–H groups in total. The number of aliphatic hydroxyl groups is 1. The van der Waals surface area contributed by atoms with Gasteiger partial charge in [0.2, 0.25) is 0 Å². The lowest BCUT2D eigenvalue weighted by atomic mass is 10.0. The average Bonchev–Trinajstić information content (AvgIpc) is 2.15. The summed E-state index contributed by atoms with van der Waals surface area (Å²) in [7, 11) is 0. The Morgan fingerprint density at radius 2 is 1.93 bits per heavy atom. The SMILES string of the molecule is O=C(O)c1cc(CO)ccc1C(F)(F)F. The van der Waals surface area contributed by atoms with Gasteiger partial charge in [-0.2, -0.15) is 13.2 Å². The highest BCUT2D eigenvalue weighted by Crippen LogP contribution is 2.32. The van der Waals surface area contributed by atoms with Gasteiger partial charge >= 0.3 is 12.1 Å². The van der Waals surface area contributed by atoms with E-state index in [9.17, 15) is 18.0 Å². The topological polar surface area (TPSA) is 57.5 Å². The molecule has 0 saturated heterocycles. The fraction of sp³-hybridized carbons (Fsp3) is 0.222. The van der Waals surface area contributed by atoms with Crippen LogP contribution in [0.5, 0.6) is 0 Å². The molecule has 0 saturated carbocycles. The molecule has 1 aromatic rings. The third-order valence-corrected chi connectivity index (χ3v) is 1.80. The number of alkyl halides is 3. The average molecular weight is 220 g/mol. The van der Waals surface area contributed by atoms with Crippen molar-refractivity contribution in [3.05, 3.63) is 34.9 Å². The van der Waals surface area contributed by atoms with Crippen molar-refractivity contribution in [1.82, 2.24) is 0 Å². The lowest BCUT2D eigenvalue weighted by Crippen LogP contribution is -2.13. The number of hydrogen-bond acceptors (Lipinski definition) is 2. The summed E-state index contributed by atoms with van der Waals surface area (Å²) < 4.78 is 37.0. The molecule has 1 rings (SSSR count). The highest BCUT2D eigenvalue weighted by molar-refractivity contribution is 5.89. The van der Waals surface area contributed by atoms with Gasteiger partial charge < -0.3 is 10.2 Å². The highest BCUT2D eigenvalue weighted by atomic mass is 19.4. The second-order valence-corrected chi connectivity index (χ2v) is 2.84. The van der Waals surface area contributed by atoms with Gasteiger partial charge in [0.1, 0.15) is 0 Å². The lowest BCUT2D eigenvalue weighted by molar-refractivity contribution is -0.138. The molecule has 3 nitrogen and oxygen atoms in total. The van der Waals surface area contributed by atoms with Crippen molar-refractivity contribution in [2.75, 3.05) is 0 Å². The van der Waals surface area contributed by atoms with Gasteiger partial charge in [-0.25, -0.2) is 4.79 Å². The number of aliphatic hydroxyl groups excluding tert-OH is 1. The molecule has 0 aromatic heterocycles. The summed E-state index contributed by atoms with van der Waals surface area (Å²) in [6, 6.07) is 2.50. The van der Waals surface area contributed by atoms with Crippen LogP contribution in [-0.4, -0.2) is 16.2 Å². The molecule has 0 unspecified atom stereocenters. The molecular weight excluding hydrogens is 213 g/mol. The minimum absolute atomic E-state index is 0.125. The van der Waals surface area contributed by atoms with Gasteiger partial charge in [-0.3, -0.25) is 0 Å². The Hall–Kier alpha value is -1.56. The first-order valence-electron chi connectivity index (χ1n) is 3.90. The quantitative estimate of drug-likeness (QED) is 0.800. The summed E-state index contributed by atoms with van der Waals surface area (Å²) in [4.78, 5) is 10.6. The Labute approximate surface area is 82.8 Å². The Bertz CT molecular complexity index is 385. The molecule has 0 aliphatic rings. The molecule has 0 spiro atoms. The number of benzene rings is 1. The number of carboxylic acid groups (broad SMARTS) is 1. The first-order valence-corrected chi connectivity index (χ1v) is 3.90. The predicted molar refractivity (Wildman–Crippen MR) is 44.3 cm³/mol. The van der Waals surface area contributed by atoms with Gasteiger partial charge in [-0.1, -0.05) is 6.07 Å². The van der Waals surface area contributed by atoms with E-state index >= 15 is 0 Å². The normalized spacial score (nSPS) is 11.5. The minimum atomic E-state index is -4.71. The molecule has 1 aromatic carbocycles. The Balaban J connectivity index is 3.34. The molecule has 0 aliphatic heterocycles. The van der Waals surface area contributed by atoms with E-state index in [-0.39, 0.29) is 5.56 Å². The van der Waals surface area contributed by atoms with E-state index < -0.39 is 29.9 Å². The number of carboxylic acids is 1. The van der Waals surface area contributed by atoms with Crippen LogP contribution in [0.4, 0.5) is 13.2 Å². The van der Waals surface area contributed by atoms with E-state index in [0.717, 1.165) is 12.1 Å². The summed E-state index contributed by atoms with van der Waals surface area (Å²) in [6.07, 6.45) is -4.71. The predicted octanol–water partition coefficient (Wildman–Crippen LogP) is 1.90. The van der Waals surface area contributed by atoms with Crippen LogP contribution in [0.2, 0.25) is 0 Å². The van der Waals surface area contributed by atoms with Crippen LogP contribution < -0.4 is 0 Å². The van der Waals surface area contributed by atoms with Crippen LogP contribution in [0.1, 0.15) is 21.5 Å². The fourth-order valence-corrected chi connectivity index (χ4v) is 1.11. The third-order valence-electron chi connectivity index (χ3n) is 1.80.